The maximum Gasteiger partial charge on any atom is 0.143 e. The summed E-state index contributed by atoms with van der Waals surface area (Å²) >= 11 is 0. The van der Waals surface area contributed by atoms with Crippen molar-refractivity contribution in [2.45, 2.75) is 19.9 Å². The summed E-state index contributed by atoms with van der Waals surface area (Å²) in [6, 6.07) is 6.12. The van der Waals surface area contributed by atoms with Crippen LogP contribution in [0.1, 0.15) is 24.2 Å². The van der Waals surface area contributed by atoms with Gasteiger partial charge in [-0.3, -0.25) is 9.97 Å². The molecule has 21 heavy (non-hydrogen) atoms. The van der Waals surface area contributed by atoms with Crippen molar-refractivity contribution in [3.63, 3.8) is 0 Å². The van der Waals surface area contributed by atoms with E-state index < -0.39 is 0 Å². The van der Waals surface area contributed by atoms with Gasteiger partial charge in [-0.05, 0) is 48.0 Å². The quantitative estimate of drug-likeness (QED) is 0.787. The third kappa shape index (κ3) is 2.86. The highest BCUT2D eigenvalue weighted by atomic mass is 15.5. The minimum absolute atomic E-state index is 0.0805. The Balaban J connectivity index is 1.80. The van der Waals surface area contributed by atoms with Crippen molar-refractivity contribution < 1.29 is 0 Å². The first-order chi connectivity index (χ1) is 10.2. The Labute approximate surface area is 122 Å². The average molecular weight is 281 g/mol. The zero-order valence-corrected chi connectivity index (χ0v) is 11.8. The number of hydrogen-bond donors (Lipinski definition) is 1. The molecule has 7 heteroatoms. The van der Waals surface area contributed by atoms with Crippen molar-refractivity contribution in [1.82, 2.24) is 30.2 Å². The molecule has 0 saturated heterocycles. The van der Waals surface area contributed by atoms with Crippen LogP contribution in [0.15, 0.2) is 43.1 Å². The molecule has 1 aromatic carbocycles. The van der Waals surface area contributed by atoms with Crippen LogP contribution in [-0.2, 0) is 0 Å². The van der Waals surface area contributed by atoms with Gasteiger partial charge >= 0.3 is 0 Å². The lowest BCUT2D eigenvalue weighted by Crippen LogP contribution is -2.09. The van der Waals surface area contributed by atoms with E-state index in [-0.39, 0.29) is 6.04 Å². The van der Waals surface area contributed by atoms with Gasteiger partial charge in [-0.25, -0.2) is 4.68 Å². The minimum atomic E-state index is 0.0805. The van der Waals surface area contributed by atoms with Crippen LogP contribution < -0.4 is 5.32 Å². The summed E-state index contributed by atoms with van der Waals surface area (Å²) in [5.74, 6) is 0. The van der Waals surface area contributed by atoms with Crippen LogP contribution in [0.5, 0.6) is 0 Å². The predicted molar refractivity (Wildman–Crippen MR) is 78.0 cm³/mol. The molecule has 3 aromatic rings. The Hall–Kier alpha value is -2.83. The average Bonchev–Trinajstić information content (AvgIpc) is 3.02. The van der Waals surface area contributed by atoms with Crippen LogP contribution in [0, 0.1) is 6.92 Å². The monoisotopic (exact) mass is 281 g/mol. The van der Waals surface area contributed by atoms with E-state index in [2.05, 4.69) is 43.8 Å². The highest BCUT2D eigenvalue weighted by Gasteiger charge is 2.08. The SMILES string of the molecule is Cc1cc(NC(C)c2cnccn2)ccc1-n1cnnn1. The molecule has 106 valence electrons. The fraction of sp³-hybridized carbons (Fsp3) is 0.214. The number of benzene rings is 1. The molecular weight excluding hydrogens is 266 g/mol. The van der Waals surface area contributed by atoms with Gasteiger partial charge in [0.15, 0.2) is 0 Å². The molecule has 0 fully saturated rings. The Bertz CT molecular complexity index is 709. The fourth-order valence-electron chi connectivity index (χ4n) is 2.13. The van der Waals surface area contributed by atoms with Crippen molar-refractivity contribution in [3.8, 4) is 5.69 Å². The summed E-state index contributed by atoms with van der Waals surface area (Å²) in [7, 11) is 0. The van der Waals surface area contributed by atoms with Crippen molar-refractivity contribution in [3.05, 3.63) is 54.4 Å². The van der Waals surface area contributed by atoms with Crippen molar-refractivity contribution in [2.24, 2.45) is 0 Å². The maximum absolute atomic E-state index is 4.30. The molecule has 0 radical (unpaired) electrons. The molecule has 0 saturated carbocycles. The zero-order chi connectivity index (χ0) is 14.7. The fourth-order valence-corrected chi connectivity index (χ4v) is 2.13. The van der Waals surface area contributed by atoms with Crippen LogP contribution in [-0.4, -0.2) is 30.2 Å². The molecule has 0 aliphatic carbocycles. The van der Waals surface area contributed by atoms with Gasteiger partial charge in [0.2, 0.25) is 0 Å². The Morgan fingerprint density at radius 1 is 1.24 bits per heavy atom. The van der Waals surface area contributed by atoms with Crippen LogP contribution >= 0.6 is 0 Å². The molecule has 0 aliphatic heterocycles. The van der Waals surface area contributed by atoms with Crippen LogP contribution in [0.3, 0.4) is 0 Å². The molecule has 0 aliphatic rings. The van der Waals surface area contributed by atoms with Gasteiger partial charge in [0.05, 0.1) is 23.6 Å². The second kappa shape index (κ2) is 5.66. The van der Waals surface area contributed by atoms with Crippen molar-refractivity contribution >= 4 is 5.69 Å². The van der Waals surface area contributed by atoms with E-state index in [1.165, 1.54) is 0 Å². The highest BCUT2D eigenvalue weighted by molar-refractivity contribution is 5.54. The molecular formula is C14H15N7. The number of hydrogen-bond acceptors (Lipinski definition) is 6. The summed E-state index contributed by atoms with van der Waals surface area (Å²) < 4.78 is 1.64. The molecule has 0 amide bonds. The number of nitrogens with zero attached hydrogens (tertiary/aromatic N) is 6. The largest absolute Gasteiger partial charge is 0.377 e. The lowest BCUT2D eigenvalue weighted by Gasteiger charge is -2.15. The van der Waals surface area contributed by atoms with E-state index in [4.69, 9.17) is 0 Å². The lowest BCUT2D eigenvalue weighted by molar-refractivity contribution is 0.784. The molecule has 0 bridgehead atoms. The first-order valence-electron chi connectivity index (χ1n) is 6.60. The zero-order valence-electron chi connectivity index (χ0n) is 11.8. The molecule has 2 aromatic heterocycles. The molecule has 2 heterocycles. The minimum Gasteiger partial charge on any atom is -0.377 e. The topological polar surface area (TPSA) is 81.4 Å². The second-order valence-electron chi connectivity index (χ2n) is 4.75. The smallest absolute Gasteiger partial charge is 0.143 e. The first-order valence-corrected chi connectivity index (χ1v) is 6.60. The van der Waals surface area contributed by atoms with E-state index >= 15 is 0 Å². The number of tetrazole rings is 1. The molecule has 1 N–H and O–H groups in total. The van der Waals surface area contributed by atoms with E-state index in [0.29, 0.717) is 0 Å². The van der Waals surface area contributed by atoms with E-state index in [1.54, 1.807) is 29.6 Å². The van der Waals surface area contributed by atoms with Crippen LogP contribution in [0.2, 0.25) is 0 Å². The standard InChI is InChI=1S/C14H15N7/c1-10-7-12(3-4-14(10)21-9-17-19-20-21)18-11(2)13-8-15-5-6-16-13/h3-9,11,18H,1-2H3. The van der Waals surface area contributed by atoms with Crippen molar-refractivity contribution in [2.75, 3.05) is 5.32 Å². The number of aromatic nitrogens is 6. The predicted octanol–water partition coefficient (Wildman–Crippen LogP) is 1.93. The first kappa shape index (κ1) is 13.2. The Kier molecular flexibility index (Phi) is 3.55. The number of anilines is 1. The van der Waals surface area contributed by atoms with Crippen molar-refractivity contribution in [1.29, 1.82) is 0 Å². The van der Waals surface area contributed by atoms with Gasteiger partial charge in [0, 0.05) is 18.1 Å². The third-order valence-corrected chi connectivity index (χ3v) is 3.20. The van der Waals surface area contributed by atoms with Crippen LogP contribution in [0.4, 0.5) is 5.69 Å². The summed E-state index contributed by atoms with van der Waals surface area (Å²) in [6.45, 7) is 4.07. The van der Waals surface area contributed by atoms with E-state index in [9.17, 15) is 0 Å². The second-order valence-corrected chi connectivity index (χ2v) is 4.75. The number of nitrogens with one attached hydrogen (secondary N) is 1. The van der Waals surface area contributed by atoms with Gasteiger partial charge in [0.1, 0.15) is 6.33 Å². The molecule has 1 atom stereocenters. The Morgan fingerprint density at radius 3 is 2.81 bits per heavy atom. The summed E-state index contributed by atoms with van der Waals surface area (Å²) in [4.78, 5) is 8.38. The highest BCUT2D eigenvalue weighted by Crippen LogP contribution is 2.21. The third-order valence-electron chi connectivity index (χ3n) is 3.20. The van der Waals surface area contributed by atoms with Gasteiger partial charge < -0.3 is 5.32 Å². The lowest BCUT2D eigenvalue weighted by atomic mass is 10.1. The number of aryl methyl sites for hydroxylation is 1. The van der Waals surface area contributed by atoms with Gasteiger partial charge in [-0.2, -0.15) is 0 Å². The van der Waals surface area contributed by atoms with Crippen LogP contribution in [0.25, 0.3) is 5.69 Å². The number of rotatable bonds is 4. The summed E-state index contributed by atoms with van der Waals surface area (Å²) in [5, 5.41) is 14.6. The molecule has 1 unspecified atom stereocenters. The van der Waals surface area contributed by atoms with E-state index in [1.807, 2.05) is 19.1 Å². The molecule has 0 spiro atoms. The summed E-state index contributed by atoms with van der Waals surface area (Å²) in [5.41, 5.74) is 3.96. The van der Waals surface area contributed by atoms with Gasteiger partial charge in [0.25, 0.3) is 0 Å². The maximum atomic E-state index is 4.30. The van der Waals surface area contributed by atoms with E-state index in [0.717, 1.165) is 22.6 Å². The molecule has 7 nitrogen and oxygen atoms in total. The summed E-state index contributed by atoms with van der Waals surface area (Å²) in [6.07, 6.45) is 6.71. The van der Waals surface area contributed by atoms with Gasteiger partial charge in [-0.15, -0.1) is 5.10 Å². The normalized spacial score (nSPS) is 12.1. The van der Waals surface area contributed by atoms with Gasteiger partial charge in [-0.1, -0.05) is 0 Å². The molecule has 3 rings (SSSR count). The Morgan fingerprint density at radius 2 is 2.14 bits per heavy atom.